The first-order chi connectivity index (χ1) is 6.33. The summed E-state index contributed by atoms with van der Waals surface area (Å²) in [6.45, 7) is 6.93. The van der Waals surface area contributed by atoms with Gasteiger partial charge in [0.2, 0.25) is 0 Å². The molecular weight excluding hydrogens is 184 g/mol. The maximum atomic E-state index is 5.23. The van der Waals surface area contributed by atoms with Crippen LogP contribution in [-0.2, 0) is 4.18 Å². The van der Waals surface area contributed by atoms with Crippen molar-refractivity contribution in [3.8, 4) is 0 Å². The molecule has 0 aliphatic carbocycles. The Morgan fingerprint density at radius 1 is 1.23 bits per heavy atom. The van der Waals surface area contributed by atoms with Crippen LogP contribution in [0.4, 0.5) is 0 Å². The van der Waals surface area contributed by atoms with Crippen LogP contribution in [0.3, 0.4) is 0 Å². The van der Waals surface area contributed by atoms with Gasteiger partial charge in [0.15, 0.2) is 0 Å². The molecule has 0 spiro atoms. The molecular formula is C9H20N2OS. The molecule has 0 aromatic rings. The van der Waals surface area contributed by atoms with E-state index in [4.69, 9.17) is 4.18 Å². The van der Waals surface area contributed by atoms with E-state index < -0.39 is 0 Å². The number of nitrogens with zero attached hydrogens (tertiary/aromatic N) is 2. The van der Waals surface area contributed by atoms with Gasteiger partial charge in [-0.2, -0.15) is 0 Å². The molecule has 1 aliphatic rings. The molecule has 0 radical (unpaired) electrons. The van der Waals surface area contributed by atoms with Crippen LogP contribution >= 0.6 is 12.0 Å². The fraction of sp³-hybridized carbons (Fsp3) is 1.00. The molecule has 0 aromatic heterocycles. The fourth-order valence-corrected chi connectivity index (χ4v) is 1.79. The second-order valence-corrected chi connectivity index (χ2v) is 4.06. The zero-order valence-electron chi connectivity index (χ0n) is 8.66. The van der Waals surface area contributed by atoms with Crippen LogP contribution in [0.15, 0.2) is 0 Å². The lowest BCUT2D eigenvalue weighted by Crippen LogP contribution is -2.44. The Labute approximate surface area is 85.6 Å². The van der Waals surface area contributed by atoms with Gasteiger partial charge in [-0.15, -0.1) is 0 Å². The Kier molecular flexibility index (Phi) is 5.78. The van der Waals surface area contributed by atoms with E-state index in [2.05, 4.69) is 16.8 Å². The van der Waals surface area contributed by atoms with Crippen molar-refractivity contribution >= 4 is 12.0 Å². The molecule has 1 rings (SSSR count). The smallest absolute Gasteiger partial charge is 0.0625 e. The zero-order chi connectivity index (χ0) is 9.52. The third kappa shape index (κ3) is 4.86. The highest BCUT2D eigenvalue weighted by molar-refractivity contribution is 7.93. The van der Waals surface area contributed by atoms with Gasteiger partial charge >= 0.3 is 0 Å². The average Bonchev–Trinajstić information content (AvgIpc) is 2.15. The molecule has 13 heavy (non-hydrogen) atoms. The lowest BCUT2D eigenvalue weighted by atomic mass is 10.3. The van der Waals surface area contributed by atoms with Crippen LogP contribution in [0.2, 0.25) is 0 Å². The van der Waals surface area contributed by atoms with Crippen LogP contribution in [0.1, 0.15) is 6.42 Å². The minimum atomic E-state index is 0.882. The monoisotopic (exact) mass is 204 g/mol. The molecule has 0 saturated carbocycles. The van der Waals surface area contributed by atoms with Crippen molar-refractivity contribution < 1.29 is 4.18 Å². The first-order valence-corrected chi connectivity index (χ1v) is 6.04. The van der Waals surface area contributed by atoms with E-state index in [-0.39, 0.29) is 0 Å². The van der Waals surface area contributed by atoms with Gasteiger partial charge in [0.05, 0.1) is 6.61 Å². The van der Waals surface area contributed by atoms with E-state index in [1.807, 2.05) is 6.26 Å². The Balaban J connectivity index is 1.96. The third-order valence-corrected chi connectivity index (χ3v) is 2.82. The molecule has 1 fully saturated rings. The van der Waals surface area contributed by atoms with E-state index in [0.717, 1.165) is 13.0 Å². The number of piperazine rings is 1. The fourth-order valence-electron chi connectivity index (χ4n) is 1.50. The van der Waals surface area contributed by atoms with E-state index in [9.17, 15) is 0 Å². The standard InChI is InChI=1S/C9H20N2OS/c1-10-5-7-11(8-6-10)4-3-9-12-13-2/h3-9H2,1-2H3. The number of rotatable bonds is 5. The van der Waals surface area contributed by atoms with Gasteiger partial charge in [0, 0.05) is 39.0 Å². The molecule has 0 N–H and O–H groups in total. The summed E-state index contributed by atoms with van der Waals surface area (Å²) in [5, 5.41) is 0. The molecule has 4 heteroatoms. The minimum Gasteiger partial charge on any atom is -0.316 e. The Hall–Kier alpha value is 0.230. The molecule has 0 unspecified atom stereocenters. The highest BCUT2D eigenvalue weighted by Crippen LogP contribution is 2.01. The quantitative estimate of drug-likeness (QED) is 0.488. The van der Waals surface area contributed by atoms with E-state index in [1.54, 1.807) is 0 Å². The first kappa shape index (κ1) is 11.3. The van der Waals surface area contributed by atoms with Crippen molar-refractivity contribution in [3.63, 3.8) is 0 Å². The maximum absolute atomic E-state index is 5.23. The Bertz CT molecular complexity index is 127. The highest BCUT2D eigenvalue weighted by Gasteiger charge is 2.12. The van der Waals surface area contributed by atoms with Crippen molar-refractivity contribution in [1.82, 2.24) is 9.80 Å². The van der Waals surface area contributed by atoms with E-state index in [1.165, 1.54) is 44.8 Å². The predicted octanol–water partition coefficient (Wildman–Crippen LogP) is 0.919. The van der Waals surface area contributed by atoms with Crippen LogP contribution in [-0.4, -0.2) is 62.4 Å². The molecule has 0 aromatic carbocycles. The van der Waals surface area contributed by atoms with Crippen molar-refractivity contribution in [1.29, 1.82) is 0 Å². The maximum Gasteiger partial charge on any atom is 0.0625 e. The molecule has 1 heterocycles. The predicted molar refractivity (Wildman–Crippen MR) is 58.0 cm³/mol. The second kappa shape index (κ2) is 6.65. The van der Waals surface area contributed by atoms with Crippen LogP contribution in [0, 0.1) is 0 Å². The van der Waals surface area contributed by atoms with Crippen molar-refractivity contribution in [2.24, 2.45) is 0 Å². The van der Waals surface area contributed by atoms with E-state index >= 15 is 0 Å². The lowest BCUT2D eigenvalue weighted by Gasteiger charge is -2.32. The normalized spacial score (nSPS) is 20.8. The Morgan fingerprint density at radius 3 is 2.54 bits per heavy atom. The molecule has 0 amide bonds. The summed E-state index contributed by atoms with van der Waals surface area (Å²) in [5.74, 6) is 0. The lowest BCUT2D eigenvalue weighted by molar-refractivity contribution is 0.147. The molecule has 0 atom stereocenters. The first-order valence-electron chi connectivity index (χ1n) is 4.89. The van der Waals surface area contributed by atoms with Gasteiger partial charge < -0.3 is 14.0 Å². The molecule has 0 bridgehead atoms. The summed E-state index contributed by atoms with van der Waals surface area (Å²) in [7, 11) is 2.19. The number of hydrogen-bond donors (Lipinski definition) is 0. The molecule has 1 saturated heterocycles. The SMILES string of the molecule is CSOCCCN1CCN(C)CC1. The summed E-state index contributed by atoms with van der Waals surface area (Å²) in [5.41, 5.74) is 0. The van der Waals surface area contributed by atoms with Gasteiger partial charge in [0.1, 0.15) is 0 Å². The highest BCUT2D eigenvalue weighted by atomic mass is 32.2. The van der Waals surface area contributed by atoms with E-state index in [0.29, 0.717) is 0 Å². The topological polar surface area (TPSA) is 15.7 Å². The molecule has 78 valence electrons. The van der Waals surface area contributed by atoms with Gasteiger partial charge in [0.25, 0.3) is 0 Å². The molecule has 3 nitrogen and oxygen atoms in total. The van der Waals surface area contributed by atoms with Crippen molar-refractivity contribution in [2.45, 2.75) is 6.42 Å². The van der Waals surface area contributed by atoms with Gasteiger partial charge in [-0.05, 0) is 25.5 Å². The van der Waals surface area contributed by atoms with Crippen molar-refractivity contribution in [2.75, 3.05) is 52.6 Å². The van der Waals surface area contributed by atoms with Crippen LogP contribution in [0.25, 0.3) is 0 Å². The minimum absolute atomic E-state index is 0.882. The van der Waals surface area contributed by atoms with Crippen molar-refractivity contribution in [3.05, 3.63) is 0 Å². The summed E-state index contributed by atoms with van der Waals surface area (Å²) in [6, 6.07) is 0. The largest absolute Gasteiger partial charge is 0.316 e. The number of hydrogen-bond acceptors (Lipinski definition) is 4. The van der Waals surface area contributed by atoms with Crippen LogP contribution < -0.4 is 0 Å². The third-order valence-electron chi connectivity index (χ3n) is 2.42. The second-order valence-electron chi connectivity index (χ2n) is 3.49. The zero-order valence-corrected chi connectivity index (χ0v) is 9.48. The van der Waals surface area contributed by atoms with Gasteiger partial charge in [-0.3, -0.25) is 0 Å². The summed E-state index contributed by atoms with van der Waals surface area (Å²) in [4.78, 5) is 4.90. The summed E-state index contributed by atoms with van der Waals surface area (Å²) in [6.07, 6.45) is 3.13. The van der Waals surface area contributed by atoms with Gasteiger partial charge in [-0.1, -0.05) is 0 Å². The average molecular weight is 204 g/mol. The number of likely N-dealkylation sites (N-methyl/N-ethyl adjacent to an activating group) is 1. The Morgan fingerprint density at radius 2 is 1.92 bits per heavy atom. The molecule has 1 aliphatic heterocycles. The van der Waals surface area contributed by atoms with Gasteiger partial charge in [-0.25, -0.2) is 0 Å². The summed E-state index contributed by atoms with van der Waals surface area (Å²) < 4.78 is 5.23. The van der Waals surface area contributed by atoms with Crippen LogP contribution in [0.5, 0.6) is 0 Å². The summed E-state index contributed by atoms with van der Waals surface area (Å²) >= 11 is 1.46.